The molecule has 1 amide bonds. The number of amides is 1. The maximum Gasteiger partial charge on any atom is 0.416 e. The molecule has 0 saturated heterocycles. The molecule has 210 valence electrons. The molecule has 0 atom stereocenters. The van der Waals surface area contributed by atoms with Gasteiger partial charge in [-0.15, -0.1) is 0 Å². The molecular weight excluding hydrogens is 491 g/mol. The summed E-state index contributed by atoms with van der Waals surface area (Å²) in [4.78, 5) is 26.1. The van der Waals surface area contributed by atoms with Crippen molar-refractivity contribution in [2.45, 2.75) is 104 Å². The summed E-state index contributed by atoms with van der Waals surface area (Å²) in [5.74, 6) is -1.79. The standard InChI is InChI=1S/C31H42F3NO3/c1-3-5-6-7-8-9-10-11-12-13-14-25-15-17-26(18-16-25)23-35(29(36)30(37)38-4-2)24-27-19-21-28(22-20-27)31(32,33)34/h15-22H,3-14,23-24H2,1-2H3. The van der Waals surface area contributed by atoms with Gasteiger partial charge in [-0.1, -0.05) is 101 Å². The number of aryl methyl sites for hydroxylation is 1. The molecule has 0 saturated carbocycles. The highest BCUT2D eigenvalue weighted by Crippen LogP contribution is 2.29. The molecule has 0 heterocycles. The minimum Gasteiger partial charge on any atom is -0.459 e. The first-order chi connectivity index (χ1) is 18.2. The largest absolute Gasteiger partial charge is 0.459 e. The van der Waals surface area contributed by atoms with Gasteiger partial charge in [-0.3, -0.25) is 4.79 Å². The number of benzene rings is 2. The molecule has 2 aromatic rings. The lowest BCUT2D eigenvalue weighted by Gasteiger charge is -2.22. The molecule has 7 heteroatoms. The zero-order chi connectivity index (χ0) is 27.8. The minimum absolute atomic E-state index is 0.00383. The van der Waals surface area contributed by atoms with E-state index < -0.39 is 23.6 Å². The van der Waals surface area contributed by atoms with E-state index >= 15 is 0 Å². The maximum atomic E-state index is 12.9. The highest BCUT2D eigenvalue weighted by Gasteiger charge is 2.30. The summed E-state index contributed by atoms with van der Waals surface area (Å²) in [5, 5.41) is 0. The Balaban J connectivity index is 1.88. The van der Waals surface area contributed by atoms with E-state index in [2.05, 4.69) is 6.92 Å². The highest BCUT2D eigenvalue weighted by atomic mass is 19.4. The summed E-state index contributed by atoms with van der Waals surface area (Å²) >= 11 is 0. The fourth-order valence-electron chi connectivity index (χ4n) is 4.39. The summed E-state index contributed by atoms with van der Waals surface area (Å²) in [6.07, 6.45) is 9.48. The Morgan fingerprint density at radius 3 is 1.61 bits per heavy atom. The van der Waals surface area contributed by atoms with E-state index in [9.17, 15) is 22.8 Å². The molecule has 0 bridgehead atoms. The van der Waals surface area contributed by atoms with E-state index in [-0.39, 0.29) is 19.7 Å². The zero-order valence-electron chi connectivity index (χ0n) is 22.8. The van der Waals surface area contributed by atoms with Crippen molar-refractivity contribution in [3.8, 4) is 0 Å². The second-order valence-electron chi connectivity index (χ2n) is 9.82. The summed E-state index contributed by atoms with van der Waals surface area (Å²) < 4.78 is 43.5. The first-order valence-electron chi connectivity index (χ1n) is 13.9. The Morgan fingerprint density at radius 1 is 0.684 bits per heavy atom. The number of rotatable bonds is 16. The number of carbonyl (C=O) groups excluding carboxylic acids is 2. The van der Waals surface area contributed by atoms with Crippen LogP contribution in [0.1, 0.15) is 100 Å². The van der Waals surface area contributed by atoms with Crippen molar-refractivity contribution in [1.82, 2.24) is 4.90 Å². The monoisotopic (exact) mass is 533 g/mol. The molecular formula is C31H42F3NO3. The van der Waals surface area contributed by atoms with Crippen LogP contribution in [0.4, 0.5) is 13.2 Å². The number of hydrogen-bond donors (Lipinski definition) is 0. The normalized spacial score (nSPS) is 11.4. The second-order valence-corrected chi connectivity index (χ2v) is 9.82. The molecule has 0 fully saturated rings. The zero-order valence-corrected chi connectivity index (χ0v) is 22.8. The van der Waals surface area contributed by atoms with Gasteiger partial charge in [0.25, 0.3) is 0 Å². The van der Waals surface area contributed by atoms with Crippen LogP contribution in [-0.4, -0.2) is 23.4 Å². The van der Waals surface area contributed by atoms with Crippen molar-refractivity contribution in [3.05, 3.63) is 70.8 Å². The summed E-state index contributed by atoms with van der Waals surface area (Å²) in [6.45, 7) is 4.06. The van der Waals surface area contributed by atoms with Crippen LogP contribution in [-0.2, 0) is 40.0 Å². The molecule has 4 nitrogen and oxygen atoms in total. The molecule has 0 spiro atoms. The van der Waals surface area contributed by atoms with E-state index in [0.29, 0.717) is 5.56 Å². The lowest BCUT2D eigenvalue weighted by Crippen LogP contribution is -2.36. The van der Waals surface area contributed by atoms with Crippen LogP contribution in [0.3, 0.4) is 0 Å². The smallest absolute Gasteiger partial charge is 0.416 e. The van der Waals surface area contributed by atoms with Gasteiger partial charge in [0.2, 0.25) is 0 Å². The maximum absolute atomic E-state index is 12.9. The number of halogens is 3. The van der Waals surface area contributed by atoms with Gasteiger partial charge in [0.15, 0.2) is 0 Å². The molecule has 0 aliphatic rings. The number of hydrogen-bond acceptors (Lipinski definition) is 3. The van der Waals surface area contributed by atoms with Crippen LogP contribution in [0.25, 0.3) is 0 Å². The van der Waals surface area contributed by atoms with Gasteiger partial charge in [0, 0.05) is 13.1 Å². The van der Waals surface area contributed by atoms with Crippen LogP contribution in [0, 0.1) is 0 Å². The summed E-state index contributed by atoms with van der Waals surface area (Å²) in [6, 6.07) is 12.5. The minimum atomic E-state index is -4.44. The third kappa shape index (κ3) is 11.7. The molecule has 2 rings (SSSR count). The van der Waals surface area contributed by atoms with Crippen LogP contribution in [0.15, 0.2) is 48.5 Å². The molecule has 0 aromatic heterocycles. The Morgan fingerprint density at radius 2 is 1.13 bits per heavy atom. The Kier molecular flexibility index (Phi) is 14.0. The van der Waals surface area contributed by atoms with Crippen LogP contribution < -0.4 is 0 Å². The summed E-state index contributed by atoms with van der Waals surface area (Å²) in [7, 11) is 0. The van der Waals surface area contributed by atoms with E-state index in [0.717, 1.165) is 30.5 Å². The molecule has 38 heavy (non-hydrogen) atoms. The van der Waals surface area contributed by atoms with Crippen molar-refractivity contribution in [2.24, 2.45) is 0 Å². The molecule has 0 radical (unpaired) electrons. The number of esters is 1. The number of nitrogens with zero attached hydrogens (tertiary/aromatic N) is 1. The SMILES string of the molecule is CCCCCCCCCCCCc1ccc(CN(Cc2ccc(C(F)(F)F)cc2)C(=O)C(=O)OCC)cc1. The average molecular weight is 534 g/mol. The summed E-state index contributed by atoms with van der Waals surface area (Å²) in [5.41, 5.74) is 1.79. The second kappa shape index (κ2) is 16.9. The van der Waals surface area contributed by atoms with Crippen LogP contribution in [0.2, 0.25) is 0 Å². The Bertz CT molecular complexity index is 956. The number of alkyl halides is 3. The third-order valence-corrected chi connectivity index (χ3v) is 6.61. The first kappa shape index (κ1) is 31.4. The third-order valence-electron chi connectivity index (χ3n) is 6.61. The fourth-order valence-corrected chi connectivity index (χ4v) is 4.39. The van der Waals surface area contributed by atoms with Gasteiger partial charge in [0.1, 0.15) is 0 Å². The molecule has 2 aromatic carbocycles. The van der Waals surface area contributed by atoms with Gasteiger partial charge in [-0.05, 0) is 48.6 Å². The predicted molar refractivity (Wildman–Crippen MR) is 144 cm³/mol. The van der Waals surface area contributed by atoms with Crippen molar-refractivity contribution in [3.63, 3.8) is 0 Å². The van der Waals surface area contributed by atoms with Crippen molar-refractivity contribution in [2.75, 3.05) is 6.61 Å². The Hall–Kier alpha value is -2.83. The van der Waals surface area contributed by atoms with Crippen LogP contribution in [0.5, 0.6) is 0 Å². The van der Waals surface area contributed by atoms with E-state index in [1.165, 1.54) is 80.4 Å². The van der Waals surface area contributed by atoms with Crippen molar-refractivity contribution >= 4 is 11.9 Å². The number of ether oxygens (including phenoxy) is 1. The lowest BCUT2D eigenvalue weighted by molar-refractivity contribution is -0.160. The van der Waals surface area contributed by atoms with Gasteiger partial charge in [-0.2, -0.15) is 13.2 Å². The Labute approximate surface area is 225 Å². The van der Waals surface area contributed by atoms with Gasteiger partial charge >= 0.3 is 18.1 Å². The topological polar surface area (TPSA) is 46.6 Å². The molecule has 0 N–H and O–H groups in total. The first-order valence-corrected chi connectivity index (χ1v) is 13.9. The number of unbranched alkanes of at least 4 members (excludes halogenated alkanes) is 9. The van der Waals surface area contributed by atoms with E-state index in [1.54, 1.807) is 6.92 Å². The average Bonchev–Trinajstić information content (AvgIpc) is 2.89. The van der Waals surface area contributed by atoms with E-state index in [1.807, 2.05) is 24.3 Å². The predicted octanol–water partition coefficient (Wildman–Crippen LogP) is 8.26. The molecule has 0 aliphatic heterocycles. The lowest BCUT2D eigenvalue weighted by atomic mass is 10.0. The molecule has 0 unspecified atom stereocenters. The van der Waals surface area contributed by atoms with Crippen molar-refractivity contribution in [1.29, 1.82) is 0 Å². The fraction of sp³-hybridized carbons (Fsp3) is 0.548. The van der Waals surface area contributed by atoms with Gasteiger partial charge in [0.05, 0.1) is 12.2 Å². The van der Waals surface area contributed by atoms with Gasteiger partial charge < -0.3 is 9.64 Å². The van der Waals surface area contributed by atoms with Gasteiger partial charge in [-0.25, -0.2) is 4.79 Å². The quantitative estimate of drug-likeness (QED) is 0.124. The van der Waals surface area contributed by atoms with E-state index in [4.69, 9.17) is 4.74 Å². The molecule has 0 aliphatic carbocycles. The van der Waals surface area contributed by atoms with Crippen LogP contribution >= 0.6 is 0 Å². The van der Waals surface area contributed by atoms with Crippen molar-refractivity contribution < 1.29 is 27.5 Å². The number of carbonyl (C=O) groups is 2. The highest BCUT2D eigenvalue weighted by molar-refractivity contribution is 6.32.